The first-order valence-corrected chi connectivity index (χ1v) is 5.75. The van der Waals surface area contributed by atoms with Crippen LogP contribution >= 0.6 is 0 Å². The van der Waals surface area contributed by atoms with E-state index in [4.69, 9.17) is 4.74 Å². The van der Waals surface area contributed by atoms with E-state index in [-0.39, 0.29) is 30.8 Å². The Hall–Kier alpha value is -1.91. The van der Waals surface area contributed by atoms with Crippen molar-refractivity contribution in [1.82, 2.24) is 0 Å². The molecule has 0 spiro atoms. The van der Waals surface area contributed by atoms with E-state index in [0.717, 1.165) is 0 Å². The largest absolute Gasteiger partial charge is 0.489 e. The molecule has 96 valence electrons. The highest BCUT2D eigenvalue weighted by Gasteiger charge is 2.30. The molecule has 1 aliphatic rings. The maximum atomic E-state index is 13.3. The molecular formula is C13H14FNO3. The number of ether oxygens (including phenoxy) is 1. The standard InChI is InChI=1S/C13H14FNO3/c1-8(2)18-12-4-3-9(14)5-11(12)15-7-10(16)6-13(15)17/h3-5,8H,6-7H2,1-2H3. The highest BCUT2D eigenvalue weighted by atomic mass is 19.1. The molecule has 0 saturated carbocycles. The van der Waals surface area contributed by atoms with Gasteiger partial charge < -0.3 is 9.64 Å². The number of carbonyl (C=O) groups is 2. The third kappa shape index (κ3) is 2.50. The van der Waals surface area contributed by atoms with E-state index in [1.807, 2.05) is 13.8 Å². The number of halogens is 1. The van der Waals surface area contributed by atoms with Crippen LogP contribution in [0.1, 0.15) is 20.3 Å². The fraction of sp³-hybridized carbons (Fsp3) is 0.385. The Morgan fingerprint density at radius 3 is 2.61 bits per heavy atom. The van der Waals surface area contributed by atoms with Crippen molar-refractivity contribution in [3.8, 4) is 5.75 Å². The van der Waals surface area contributed by atoms with E-state index in [0.29, 0.717) is 11.4 Å². The van der Waals surface area contributed by atoms with Crippen molar-refractivity contribution in [3.05, 3.63) is 24.0 Å². The molecule has 1 fully saturated rings. The second-order valence-corrected chi connectivity index (χ2v) is 4.47. The van der Waals surface area contributed by atoms with Crippen molar-refractivity contribution < 1.29 is 18.7 Å². The molecule has 0 N–H and O–H groups in total. The fourth-order valence-corrected chi connectivity index (χ4v) is 1.86. The van der Waals surface area contributed by atoms with E-state index >= 15 is 0 Å². The van der Waals surface area contributed by atoms with Gasteiger partial charge in [-0.15, -0.1) is 0 Å². The van der Waals surface area contributed by atoms with Crippen LogP contribution < -0.4 is 9.64 Å². The van der Waals surface area contributed by atoms with E-state index in [1.54, 1.807) is 0 Å². The molecule has 1 saturated heterocycles. The first kappa shape index (κ1) is 12.5. The smallest absolute Gasteiger partial charge is 0.235 e. The quantitative estimate of drug-likeness (QED) is 0.771. The van der Waals surface area contributed by atoms with Crippen molar-refractivity contribution in [2.24, 2.45) is 0 Å². The molecule has 1 heterocycles. The number of anilines is 1. The van der Waals surface area contributed by atoms with Gasteiger partial charge in [-0.25, -0.2) is 4.39 Å². The van der Waals surface area contributed by atoms with Crippen LogP contribution in [0.4, 0.5) is 10.1 Å². The SMILES string of the molecule is CC(C)Oc1ccc(F)cc1N1CC(=O)CC1=O. The van der Waals surface area contributed by atoms with Crippen molar-refractivity contribution in [1.29, 1.82) is 0 Å². The number of nitrogens with zero attached hydrogens (tertiary/aromatic N) is 1. The average Bonchev–Trinajstić information content (AvgIpc) is 2.60. The topological polar surface area (TPSA) is 46.6 Å². The normalized spacial score (nSPS) is 15.7. The number of ketones is 1. The summed E-state index contributed by atoms with van der Waals surface area (Å²) < 4.78 is 18.8. The number of amides is 1. The predicted octanol–water partition coefficient (Wildman–Crippen LogP) is 1.92. The predicted molar refractivity (Wildman–Crippen MR) is 64.1 cm³/mol. The number of carbonyl (C=O) groups excluding carboxylic acids is 2. The Morgan fingerprint density at radius 1 is 1.33 bits per heavy atom. The average molecular weight is 251 g/mol. The summed E-state index contributed by atoms with van der Waals surface area (Å²) in [5.74, 6) is -0.540. The molecule has 0 aromatic heterocycles. The van der Waals surface area contributed by atoms with Gasteiger partial charge in [0.15, 0.2) is 5.78 Å². The number of hydrogen-bond donors (Lipinski definition) is 0. The summed E-state index contributed by atoms with van der Waals surface area (Å²) in [6.07, 6.45) is -0.222. The lowest BCUT2D eigenvalue weighted by atomic mass is 10.2. The molecule has 0 radical (unpaired) electrons. The molecule has 18 heavy (non-hydrogen) atoms. The lowest BCUT2D eigenvalue weighted by Crippen LogP contribution is -2.25. The van der Waals surface area contributed by atoms with E-state index < -0.39 is 5.82 Å². The van der Waals surface area contributed by atoms with Crippen LogP contribution in [0.15, 0.2) is 18.2 Å². The van der Waals surface area contributed by atoms with Gasteiger partial charge >= 0.3 is 0 Å². The highest BCUT2D eigenvalue weighted by molar-refractivity contribution is 6.15. The highest BCUT2D eigenvalue weighted by Crippen LogP contribution is 2.32. The van der Waals surface area contributed by atoms with Gasteiger partial charge in [0.25, 0.3) is 0 Å². The van der Waals surface area contributed by atoms with Gasteiger partial charge in [-0.2, -0.15) is 0 Å². The zero-order valence-corrected chi connectivity index (χ0v) is 10.3. The Balaban J connectivity index is 2.38. The molecule has 1 aromatic carbocycles. The van der Waals surface area contributed by atoms with Gasteiger partial charge in [0.2, 0.25) is 5.91 Å². The summed E-state index contributed by atoms with van der Waals surface area (Å²) in [5, 5.41) is 0. The lowest BCUT2D eigenvalue weighted by molar-refractivity contribution is -0.121. The van der Waals surface area contributed by atoms with Crippen LogP contribution in [0.5, 0.6) is 5.75 Å². The minimum absolute atomic E-state index is 0.0171. The number of hydrogen-bond acceptors (Lipinski definition) is 3. The van der Waals surface area contributed by atoms with Gasteiger partial charge in [0, 0.05) is 6.07 Å². The summed E-state index contributed by atoms with van der Waals surface area (Å²) in [6.45, 7) is 3.66. The van der Waals surface area contributed by atoms with Crippen LogP contribution in [-0.2, 0) is 9.59 Å². The molecule has 4 nitrogen and oxygen atoms in total. The van der Waals surface area contributed by atoms with Crippen molar-refractivity contribution in [3.63, 3.8) is 0 Å². The zero-order valence-electron chi connectivity index (χ0n) is 10.3. The molecule has 0 bridgehead atoms. The summed E-state index contributed by atoms with van der Waals surface area (Å²) in [4.78, 5) is 24.2. The van der Waals surface area contributed by atoms with Crippen LogP contribution in [0.3, 0.4) is 0 Å². The lowest BCUT2D eigenvalue weighted by Gasteiger charge is -2.20. The maximum absolute atomic E-state index is 13.3. The third-order valence-electron chi connectivity index (χ3n) is 2.56. The summed E-state index contributed by atoms with van der Waals surface area (Å²) in [5.41, 5.74) is 0.319. The third-order valence-corrected chi connectivity index (χ3v) is 2.56. The summed E-state index contributed by atoms with van der Waals surface area (Å²) in [6, 6.07) is 3.96. The van der Waals surface area contributed by atoms with Gasteiger partial charge in [-0.05, 0) is 26.0 Å². The molecule has 1 aliphatic heterocycles. The Kier molecular flexibility index (Phi) is 3.32. The molecular weight excluding hydrogens is 237 g/mol. The van der Waals surface area contributed by atoms with Crippen LogP contribution in [-0.4, -0.2) is 24.3 Å². The van der Waals surface area contributed by atoms with Gasteiger partial charge in [0.05, 0.1) is 24.8 Å². The first-order chi connectivity index (χ1) is 8.47. The van der Waals surface area contributed by atoms with E-state index in [9.17, 15) is 14.0 Å². The second kappa shape index (κ2) is 4.76. The number of benzene rings is 1. The zero-order chi connectivity index (χ0) is 13.3. The van der Waals surface area contributed by atoms with Gasteiger partial charge in [0.1, 0.15) is 11.6 Å². The van der Waals surface area contributed by atoms with Crippen LogP contribution in [0.25, 0.3) is 0 Å². The first-order valence-electron chi connectivity index (χ1n) is 5.75. The number of Topliss-reactive ketones (excluding diaryl/α,β-unsaturated/α-hetero) is 1. The molecule has 2 rings (SSSR count). The van der Waals surface area contributed by atoms with Crippen molar-refractivity contribution in [2.45, 2.75) is 26.4 Å². The fourth-order valence-electron chi connectivity index (χ4n) is 1.86. The minimum Gasteiger partial charge on any atom is -0.489 e. The molecule has 5 heteroatoms. The Labute approximate surface area is 104 Å². The van der Waals surface area contributed by atoms with Gasteiger partial charge in [-0.3, -0.25) is 9.59 Å². The van der Waals surface area contributed by atoms with E-state index in [2.05, 4.69) is 0 Å². The van der Waals surface area contributed by atoms with Crippen molar-refractivity contribution >= 4 is 17.4 Å². The molecule has 1 amide bonds. The van der Waals surface area contributed by atoms with E-state index in [1.165, 1.54) is 23.1 Å². The number of rotatable bonds is 3. The Bertz CT molecular complexity index is 499. The minimum atomic E-state index is -0.465. The maximum Gasteiger partial charge on any atom is 0.235 e. The monoisotopic (exact) mass is 251 g/mol. The summed E-state index contributed by atoms with van der Waals surface area (Å²) >= 11 is 0. The molecule has 1 aromatic rings. The molecule has 0 atom stereocenters. The van der Waals surface area contributed by atoms with Crippen LogP contribution in [0, 0.1) is 5.82 Å². The van der Waals surface area contributed by atoms with Gasteiger partial charge in [-0.1, -0.05) is 0 Å². The second-order valence-electron chi connectivity index (χ2n) is 4.47. The summed E-state index contributed by atoms with van der Waals surface area (Å²) in [7, 11) is 0. The van der Waals surface area contributed by atoms with Crippen molar-refractivity contribution in [2.75, 3.05) is 11.4 Å². The van der Waals surface area contributed by atoms with Crippen LogP contribution in [0.2, 0.25) is 0 Å². The Morgan fingerprint density at radius 2 is 2.06 bits per heavy atom. The molecule has 0 aliphatic carbocycles. The molecule has 0 unspecified atom stereocenters.